The summed E-state index contributed by atoms with van der Waals surface area (Å²) in [7, 11) is 0. The zero-order chi connectivity index (χ0) is 22.1. The second kappa shape index (κ2) is 6.73. The van der Waals surface area contributed by atoms with Crippen molar-refractivity contribution in [2.45, 2.75) is 13.3 Å². The highest BCUT2D eigenvalue weighted by Crippen LogP contribution is 2.65. The fourth-order valence-electron chi connectivity index (χ4n) is 5.96. The summed E-state index contributed by atoms with van der Waals surface area (Å²) in [6, 6.07) is 13.3. The van der Waals surface area contributed by atoms with E-state index in [1.807, 2.05) is 0 Å². The van der Waals surface area contributed by atoms with E-state index < -0.39 is 0 Å². The van der Waals surface area contributed by atoms with Crippen LogP contribution >= 0.6 is 0 Å². The summed E-state index contributed by atoms with van der Waals surface area (Å²) in [5.74, 6) is 0.500. The maximum Gasteiger partial charge on any atom is 0.255 e. The number of nitrogens with one attached hydrogen (secondary N) is 1. The molecule has 1 aliphatic heterocycles. The van der Waals surface area contributed by atoms with Crippen LogP contribution in [0.1, 0.15) is 34.1 Å². The lowest BCUT2D eigenvalue weighted by atomic mass is 9.63. The van der Waals surface area contributed by atoms with Crippen molar-refractivity contribution in [1.29, 1.82) is 0 Å². The van der Waals surface area contributed by atoms with Crippen molar-refractivity contribution in [3.05, 3.63) is 71.8 Å². The molecule has 4 aliphatic carbocycles. The van der Waals surface area contributed by atoms with Crippen molar-refractivity contribution in [3.63, 3.8) is 0 Å². The van der Waals surface area contributed by atoms with Gasteiger partial charge in [0.2, 0.25) is 11.8 Å². The molecule has 0 spiro atoms. The van der Waals surface area contributed by atoms with Gasteiger partial charge >= 0.3 is 0 Å². The van der Waals surface area contributed by atoms with E-state index in [9.17, 15) is 19.2 Å². The number of imide groups is 1. The van der Waals surface area contributed by atoms with Gasteiger partial charge in [-0.3, -0.25) is 24.1 Å². The molecule has 32 heavy (non-hydrogen) atoms. The van der Waals surface area contributed by atoms with Gasteiger partial charge in [0.15, 0.2) is 5.78 Å². The number of Topliss-reactive ketones (excluding diaryl/α,β-unsaturated/α-hetero) is 1. The van der Waals surface area contributed by atoms with Gasteiger partial charge in [-0.2, -0.15) is 0 Å². The van der Waals surface area contributed by atoms with E-state index in [0.717, 1.165) is 6.42 Å². The van der Waals surface area contributed by atoms with E-state index >= 15 is 0 Å². The molecule has 1 N–H and O–H groups in total. The topological polar surface area (TPSA) is 83.6 Å². The molecule has 7 rings (SSSR count). The molecule has 6 nitrogen and oxygen atoms in total. The van der Waals surface area contributed by atoms with Crippen LogP contribution in [0.25, 0.3) is 0 Å². The Hall–Kier alpha value is -3.54. The van der Waals surface area contributed by atoms with Crippen LogP contribution < -0.4 is 10.2 Å². The Balaban J connectivity index is 1.19. The normalized spacial score (nSPS) is 31.3. The van der Waals surface area contributed by atoms with E-state index in [2.05, 4.69) is 17.5 Å². The number of hydrogen-bond donors (Lipinski definition) is 1. The van der Waals surface area contributed by atoms with Gasteiger partial charge < -0.3 is 5.32 Å². The Morgan fingerprint density at radius 3 is 1.88 bits per heavy atom. The second-order valence-electron chi connectivity index (χ2n) is 9.30. The molecule has 3 amide bonds. The number of hydrogen-bond acceptors (Lipinski definition) is 4. The molecule has 2 bridgehead atoms. The van der Waals surface area contributed by atoms with Crippen molar-refractivity contribution < 1.29 is 19.2 Å². The lowest BCUT2D eigenvalue weighted by Gasteiger charge is -2.37. The summed E-state index contributed by atoms with van der Waals surface area (Å²) in [6.07, 6.45) is 5.45. The van der Waals surface area contributed by atoms with Gasteiger partial charge in [-0.15, -0.1) is 0 Å². The van der Waals surface area contributed by atoms with Gasteiger partial charge in [-0.05, 0) is 85.5 Å². The number of nitrogens with zero attached hydrogens (tertiary/aromatic N) is 1. The van der Waals surface area contributed by atoms with Crippen molar-refractivity contribution in [3.8, 4) is 0 Å². The molecule has 2 aromatic rings. The predicted molar refractivity (Wildman–Crippen MR) is 118 cm³/mol. The quantitative estimate of drug-likeness (QED) is 0.459. The smallest absolute Gasteiger partial charge is 0.255 e. The summed E-state index contributed by atoms with van der Waals surface area (Å²) < 4.78 is 0. The van der Waals surface area contributed by atoms with Crippen LogP contribution in [0.4, 0.5) is 11.4 Å². The Kier molecular flexibility index (Phi) is 4.03. The van der Waals surface area contributed by atoms with Crippen molar-refractivity contribution in [2.24, 2.45) is 35.5 Å². The molecule has 6 heteroatoms. The number of rotatable bonds is 4. The van der Waals surface area contributed by atoms with E-state index in [1.165, 1.54) is 11.8 Å². The molecule has 1 saturated heterocycles. The van der Waals surface area contributed by atoms with Crippen LogP contribution in [-0.2, 0) is 9.59 Å². The number of allylic oxidation sites excluding steroid dienone is 2. The molecule has 5 aliphatic rings. The summed E-state index contributed by atoms with van der Waals surface area (Å²) in [6.45, 7) is 1.49. The first-order valence-electron chi connectivity index (χ1n) is 11.0. The van der Waals surface area contributed by atoms with Crippen LogP contribution in [0, 0.1) is 35.5 Å². The van der Waals surface area contributed by atoms with Crippen LogP contribution in [-0.4, -0.2) is 23.5 Å². The minimum atomic E-state index is -0.304. The van der Waals surface area contributed by atoms with Crippen LogP contribution in [0.3, 0.4) is 0 Å². The Bertz CT molecular complexity index is 1160. The third-order valence-corrected chi connectivity index (χ3v) is 7.60. The van der Waals surface area contributed by atoms with Crippen LogP contribution in [0.15, 0.2) is 60.7 Å². The van der Waals surface area contributed by atoms with Gasteiger partial charge in [0, 0.05) is 16.8 Å². The zero-order valence-electron chi connectivity index (χ0n) is 17.5. The van der Waals surface area contributed by atoms with Gasteiger partial charge in [-0.25, -0.2) is 0 Å². The highest BCUT2D eigenvalue weighted by molar-refractivity contribution is 6.22. The Morgan fingerprint density at radius 1 is 0.812 bits per heavy atom. The molecule has 2 aromatic carbocycles. The molecule has 0 unspecified atom stereocenters. The monoisotopic (exact) mass is 426 g/mol. The van der Waals surface area contributed by atoms with Gasteiger partial charge in [0.05, 0.1) is 17.5 Å². The fraction of sp³-hybridized carbons (Fsp3) is 0.308. The number of amides is 3. The first kappa shape index (κ1) is 19.2. The zero-order valence-corrected chi connectivity index (χ0v) is 17.5. The largest absolute Gasteiger partial charge is 0.322 e. The third kappa shape index (κ3) is 2.72. The number of carbonyl (C=O) groups is 4. The van der Waals surface area contributed by atoms with Gasteiger partial charge in [-0.1, -0.05) is 12.2 Å². The molecule has 6 atom stereocenters. The molecular weight excluding hydrogens is 404 g/mol. The number of ketones is 1. The lowest BCUT2D eigenvalue weighted by Crippen LogP contribution is -2.40. The summed E-state index contributed by atoms with van der Waals surface area (Å²) in [5, 5.41) is 2.80. The molecule has 1 heterocycles. The highest BCUT2D eigenvalue weighted by atomic mass is 16.2. The van der Waals surface area contributed by atoms with Crippen LogP contribution in [0.5, 0.6) is 0 Å². The summed E-state index contributed by atoms with van der Waals surface area (Å²) >= 11 is 0. The molecule has 160 valence electrons. The summed E-state index contributed by atoms with van der Waals surface area (Å²) in [5.41, 5.74) is 2.10. The Labute approximate surface area is 185 Å². The van der Waals surface area contributed by atoms with Gasteiger partial charge in [0.25, 0.3) is 5.91 Å². The second-order valence-corrected chi connectivity index (χ2v) is 9.30. The third-order valence-electron chi connectivity index (χ3n) is 7.60. The fourth-order valence-corrected chi connectivity index (χ4v) is 5.96. The number of carbonyl (C=O) groups excluding carboxylic acids is 4. The average molecular weight is 426 g/mol. The molecule has 0 radical (unpaired) electrons. The maximum absolute atomic E-state index is 13.2. The molecule has 0 aromatic heterocycles. The van der Waals surface area contributed by atoms with E-state index in [4.69, 9.17) is 0 Å². The predicted octanol–water partition coefficient (Wildman–Crippen LogP) is 3.70. The van der Waals surface area contributed by atoms with E-state index in [1.54, 1.807) is 48.5 Å². The lowest BCUT2D eigenvalue weighted by molar-refractivity contribution is -0.124. The number of benzene rings is 2. The van der Waals surface area contributed by atoms with Gasteiger partial charge in [0.1, 0.15) is 0 Å². The molecular formula is C26H22N2O4. The minimum absolute atomic E-state index is 0.0369. The standard InChI is InChI=1S/C26H22N2O4/c1-13(29)14-2-6-16(7-3-14)27-24(30)15-4-8-17(9-5-15)28-25(31)22-18-10-11-19(21-12-20(18)21)23(22)26(28)32/h2-11,18-23H,12H2,1H3,(H,27,30)/t18-,19-,20-,21+,22+,23+/m0/s1. The average Bonchev–Trinajstić information content (AvgIpc) is 3.58. The highest BCUT2D eigenvalue weighted by Gasteiger charge is 2.67. The van der Waals surface area contributed by atoms with E-state index in [0.29, 0.717) is 34.3 Å². The first-order chi connectivity index (χ1) is 15.4. The Morgan fingerprint density at radius 2 is 1.34 bits per heavy atom. The SMILES string of the molecule is CC(=O)c1ccc(NC(=O)c2ccc(N3C(=O)[C@@H]4[C@H]5C=C[C@@H]([C@@H]6C[C@H]56)[C@H]4C3=O)cc2)cc1. The van der Waals surface area contributed by atoms with Crippen LogP contribution in [0.2, 0.25) is 0 Å². The first-order valence-corrected chi connectivity index (χ1v) is 11.0. The number of anilines is 2. The summed E-state index contributed by atoms with van der Waals surface area (Å²) in [4.78, 5) is 51.7. The molecule has 3 fully saturated rings. The van der Waals surface area contributed by atoms with Crippen molar-refractivity contribution in [2.75, 3.05) is 10.2 Å². The minimum Gasteiger partial charge on any atom is -0.322 e. The molecule has 2 saturated carbocycles. The van der Waals surface area contributed by atoms with Crippen molar-refractivity contribution in [1.82, 2.24) is 0 Å². The van der Waals surface area contributed by atoms with E-state index in [-0.39, 0.29) is 47.2 Å². The van der Waals surface area contributed by atoms with Crippen molar-refractivity contribution >= 4 is 34.9 Å². The maximum atomic E-state index is 13.2.